The fourth-order valence-corrected chi connectivity index (χ4v) is 3.19. The molecule has 1 heterocycles. The number of piperidine rings is 1. The third kappa shape index (κ3) is 1.78. The van der Waals surface area contributed by atoms with Gasteiger partial charge in [-0.1, -0.05) is 12.1 Å². The van der Waals surface area contributed by atoms with Crippen LogP contribution in [0.4, 0.5) is 0 Å². The molecule has 0 aromatic heterocycles. The third-order valence-electron chi connectivity index (χ3n) is 4.12. The average molecular weight is 245 g/mol. The van der Waals surface area contributed by atoms with Crippen LogP contribution in [0.5, 0.6) is 5.75 Å². The van der Waals surface area contributed by atoms with E-state index in [4.69, 9.17) is 4.74 Å². The van der Waals surface area contributed by atoms with Crippen molar-refractivity contribution in [3.8, 4) is 5.75 Å². The molecule has 2 unspecified atom stereocenters. The van der Waals surface area contributed by atoms with Crippen molar-refractivity contribution in [2.45, 2.75) is 31.8 Å². The van der Waals surface area contributed by atoms with Crippen LogP contribution < -0.4 is 4.74 Å². The lowest BCUT2D eigenvalue weighted by atomic mass is 9.95. The SMILES string of the molecule is CC(C)Oc1ccc(C23CC2CN(C=O)C3)cc1. The first-order chi connectivity index (χ1) is 8.64. The highest BCUT2D eigenvalue weighted by molar-refractivity contribution is 5.52. The maximum Gasteiger partial charge on any atom is 0.209 e. The molecule has 1 aliphatic heterocycles. The Balaban J connectivity index is 1.76. The smallest absolute Gasteiger partial charge is 0.209 e. The molecule has 3 nitrogen and oxygen atoms in total. The van der Waals surface area contributed by atoms with E-state index in [-0.39, 0.29) is 11.5 Å². The second-order valence-corrected chi connectivity index (χ2v) is 5.78. The van der Waals surface area contributed by atoms with E-state index >= 15 is 0 Å². The van der Waals surface area contributed by atoms with Crippen LogP contribution in [0.25, 0.3) is 0 Å². The molecule has 2 atom stereocenters. The van der Waals surface area contributed by atoms with E-state index in [1.807, 2.05) is 30.9 Å². The maximum atomic E-state index is 10.8. The Hall–Kier alpha value is -1.51. The van der Waals surface area contributed by atoms with E-state index in [9.17, 15) is 4.79 Å². The quantitative estimate of drug-likeness (QED) is 0.761. The first-order valence-corrected chi connectivity index (χ1v) is 6.60. The lowest BCUT2D eigenvalue weighted by molar-refractivity contribution is -0.117. The summed E-state index contributed by atoms with van der Waals surface area (Å²) in [5.74, 6) is 1.59. The van der Waals surface area contributed by atoms with E-state index in [1.54, 1.807) is 0 Å². The highest BCUT2D eigenvalue weighted by Crippen LogP contribution is 2.58. The number of carbonyl (C=O) groups is 1. The van der Waals surface area contributed by atoms with Gasteiger partial charge in [0.15, 0.2) is 0 Å². The van der Waals surface area contributed by atoms with Crippen molar-refractivity contribution >= 4 is 6.41 Å². The summed E-state index contributed by atoms with van der Waals surface area (Å²) in [5.41, 5.74) is 1.60. The summed E-state index contributed by atoms with van der Waals surface area (Å²) in [6.45, 7) is 5.87. The summed E-state index contributed by atoms with van der Waals surface area (Å²) in [5, 5.41) is 0. The van der Waals surface area contributed by atoms with Crippen LogP contribution in [-0.2, 0) is 10.2 Å². The molecule has 3 rings (SSSR count). The summed E-state index contributed by atoms with van der Waals surface area (Å²) in [7, 11) is 0. The molecule has 1 aliphatic carbocycles. The zero-order valence-electron chi connectivity index (χ0n) is 10.9. The van der Waals surface area contributed by atoms with Crippen LogP contribution in [0.1, 0.15) is 25.8 Å². The highest BCUT2D eigenvalue weighted by atomic mass is 16.5. The van der Waals surface area contributed by atoms with Crippen LogP contribution in [-0.4, -0.2) is 30.5 Å². The average Bonchev–Trinajstić information content (AvgIpc) is 2.92. The van der Waals surface area contributed by atoms with Gasteiger partial charge in [0.1, 0.15) is 5.75 Å². The summed E-state index contributed by atoms with van der Waals surface area (Å²) < 4.78 is 5.65. The molecule has 1 aromatic rings. The molecule has 0 N–H and O–H groups in total. The number of rotatable bonds is 4. The lowest BCUT2D eigenvalue weighted by Crippen LogP contribution is -2.24. The van der Waals surface area contributed by atoms with Gasteiger partial charge in [0.2, 0.25) is 6.41 Å². The summed E-state index contributed by atoms with van der Waals surface area (Å²) in [4.78, 5) is 12.7. The van der Waals surface area contributed by atoms with Crippen molar-refractivity contribution < 1.29 is 9.53 Å². The predicted octanol–water partition coefficient (Wildman–Crippen LogP) is 2.20. The normalized spacial score (nSPS) is 29.3. The zero-order valence-corrected chi connectivity index (χ0v) is 10.9. The zero-order chi connectivity index (χ0) is 12.8. The summed E-state index contributed by atoms with van der Waals surface area (Å²) in [6.07, 6.45) is 2.41. The molecular weight excluding hydrogens is 226 g/mol. The minimum absolute atomic E-state index is 0.208. The van der Waals surface area contributed by atoms with Crippen molar-refractivity contribution in [3.63, 3.8) is 0 Å². The second kappa shape index (κ2) is 4.01. The molecule has 1 amide bonds. The predicted molar refractivity (Wildman–Crippen MR) is 69.6 cm³/mol. The van der Waals surface area contributed by atoms with Crippen LogP contribution in [0.15, 0.2) is 24.3 Å². The van der Waals surface area contributed by atoms with Gasteiger partial charge in [-0.3, -0.25) is 4.79 Å². The number of hydrogen-bond donors (Lipinski definition) is 0. The van der Waals surface area contributed by atoms with E-state index in [0.29, 0.717) is 5.92 Å². The lowest BCUT2D eigenvalue weighted by Gasteiger charge is -2.17. The van der Waals surface area contributed by atoms with Crippen molar-refractivity contribution in [2.24, 2.45) is 5.92 Å². The molecule has 18 heavy (non-hydrogen) atoms. The largest absolute Gasteiger partial charge is 0.491 e. The fourth-order valence-electron chi connectivity index (χ4n) is 3.19. The van der Waals surface area contributed by atoms with Gasteiger partial charge in [-0.15, -0.1) is 0 Å². The summed E-state index contributed by atoms with van der Waals surface area (Å²) in [6, 6.07) is 8.41. The molecule has 2 aliphatic rings. The molecular formula is C15H19NO2. The first kappa shape index (κ1) is 11.6. The molecule has 0 bridgehead atoms. The van der Waals surface area contributed by atoms with Crippen LogP contribution in [0.3, 0.4) is 0 Å². The summed E-state index contributed by atoms with van der Waals surface area (Å²) >= 11 is 0. The van der Waals surface area contributed by atoms with Gasteiger partial charge in [0, 0.05) is 18.5 Å². The second-order valence-electron chi connectivity index (χ2n) is 5.78. The van der Waals surface area contributed by atoms with Crippen molar-refractivity contribution in [3.05, 3.63) is 29.8 Å². The number of nitrogens with zero attached hydrogens (tertiary/aromatic N) is 1. The number of likely N-dealkylation sites (tertiary alicyclic amines) is 1. The molecule has 96 valence electrons. The number of fused-ring (bicyclic) bond motifs is 1. The van der Waals surface area contributed by atoms with E-state index < -0.39 is 0 Å². The highest BCUT2D eigenvalue weighted by Gasteiger charge is 2.60. The van der Waals surface area contributed by atoms with Gasteiger partial charge in [-0.25, -0.2) is 0 Å². The Labute approximate surface area is 108 Å². The van der Waals surface area contributed by atoms with Crippen LogP contribution >= 0.6 is 0 Å². The van der Waals surface area contributed by atoms with Crippen LogP contribution in [0.2, 0.25) is 0 Å². The molecule has 1 saturated carbocycles. The molecule has 3 heteroatoms. The molecule has 0 radical (unpaired) electrons. The van der Waals surface area contributed by atoms with Crippen molar-refractivity contribution in [1.82, 2.24) is 4.90 Å². The number of ether oxygens (including phenoxy) is 1. The van der Waals surface area contributed by atoms with Crippen molar-refractivity contribution in [2.75, 3.05) is 13.1 Å². The van der Waals surface area contributed by atoms with Gasteiger partial charge in [-0.2, -0.15) is 0 Å². The van der Waals surface area contributed by atoms with E-state index in [1.165, 1.54) is 12.0 Å². The minimum atomic E-state index is 0.208. The first-order valence-electron chi connectivity index (χ1n) is 6.60. The fraction of sp³-hybridized carbons (Fsp3) is 0.533. The van der Waals surface area contributed by atoms with Gasteiger partial charge in [-0.05, 0) is 43.9 Å². The number of amides is 1. The Morgan fingerprint density at radius 1 is 1.39 bits per heavy atom. The Kier molecular flexibility index (Phi) is 2.58. The van der Waals surface area contributed by atoms with Gasteiger partial charge in [0.05, 0.1) is 6.10 Å². The molecule has 2 fully saturated rings. The number of hydrogen-bond acceptors (Lipinski definition) is 2. The molecule has 1 aromatic carbocycles. The standard InChI is InChI=1S/C15H19NO2/c1-11(2)18-14-5-3-12(4-6-14)15-7-13(15)8-16(9-15)10-17/h3-6,10-11,13H,7-9H2,1-2H3. The molecule has 0 spiro atoms. The Morgan fingerprint density at radius 2 is 2.11 bits per heavy atom. The van der Waals surface area contributed by atoms with E-state index in [0.717, 1.165) is 25.2 Å². The molecule has 1 saturated heterocycles. The van der Waals surface area contributed by atoms with Gasteiger partial charge >= 0.3 is 0 Å². The van der Waals surface area contributed by atoms with E-state index in [2.05, 4.69) is 12.1 Å². The van der Waals surface area contributed by atoms with Gasteiger partial charge in [0.25, 0.3) is 0 Å². The van der Waals surface area contributed by atoms with Gasteiger partial charge < -0.3 is 9.64 Å². The maximum absolute atomic E-state index is 10.8. The third-order valence-corrected chi connectivity index (χ3v) is 4.12. The monoisotopic (exact) mass is 245 g/mol. The number of benzene rings is 1. The van der Waals surface area contributed by atoms with Crippen LogP contribution in [0, 0.1) is 5.92 Å². The Bertz CT molecular complexity index is 454. The number of carbonyl (C=O) groups excluding carboxylic acids is 1. The Morgan fingerprint density at radius 3 is 2.67 bits per heavy atom. The minimum Gasteiger partial charge on any atom is -0.491 e. The topological polar surface area (TPSA) is 29.5 Å². The van der Waals surface area contributed by atoms with Crippen molar-refractivity contribution in [1.29, 1.82) is 0 Å².